The third-order valence-electron chi connectivity index (χ3n) is 1.85. The van der Waals surface area contributed by atoms with Crippen molar-refractivity contribution in [3.05, 3.63) is 24.3 Å². The van der Waals surface area contributed by atoms with Crippen molar-refractivity contribution in [2.75, 3.05) is 5.32 Å². The average Bonchev–Trinajstić information content (AvgIpc) is 2.64. The molecule has 1 aromatic carbocycles. The summed E-state index contributed by atoms with van der Waals surface area (Å²) >= 11 is 4.94. The van der Waals surface area contributed by atoms with E-state index in [1.54, 1.807) is 24.3 Å². The van der Waals surface area contributed by atoms with Gasteiger partial charge in [0, 0.05) is 17.8 Å². The van der Waals surface area contributed by atoms with Crippen LogP contribution in [0.15, 0.2) is 29.4 Å². The van der Waals surface area contributed by atoms with Crippen LogP contribution in [0.4, 0.5) is 5.69 Å². The number of aromatic nitrogens is 4. The quantitative estimate of drug-likeness (QED) is 0.555. The molecule has 2 rings (SSSR count). The molecular weight excluding hydrogens is 423 g/mol. The largest absolute Gasteiger partial charge is 1.00 e. The molecule has 17 heavy (non-hydrogen) atoms. The summed E-state index contributed by atoms with van der Waals surface area (Å²) < 4.78 is 1.42. The Morgan fingerprint density at radius 2 is 2.24 bits per heavy atom. The summed E-state index contributed by atoms with van der Waals surface area (Å²) in [5.41, 5.74) is 1.39. The number of carbonyl (C=O) groups is 1. The Balaban J connectivity index is 0.00000144. The number of nitrogens with zero attached hydrogens (tertiary/aromatic N) is 4. The zero-order chi connectivity index (χ0) is 11.5. The topological polar surface area (TPSA) is 72.7 Å². The summed E-state index contributed by atoms with van der Waals surface area (Å²) in [4.78, 5) is 10.9. The first kappa shape index (κ1) is 13.8. The van der Waals surface area contributed by atoms with Gasteiger partial charge in [0.25, 0.3) is 0 Å². The van der Waals surface area contributed by atoms with E-state index in [1.165, 1.54) is 11.6 Å². The minimum Gasteiger partial charge on any atom is -0.738 e. The van der Waals surface area contributed by atoms with Crippen molar-refractivity contribution in [3.63, 3.8) is 0 Å². The Labute approximate surface area is 119 Å². The molecule has 0 unspecified atom stereocenters. The summed E-state index contributed by atoms with van der Waals surface area (Å²) in [5.74, 6) is -0.132. The molecule has 2 aromatic rings. The number of tetrazole rings is 1. The van der Waals surface area contributed by atoms with E-state index in [9.17, 15) is 4.79 Å². The van der Waals surface area contributed by atoms with Crippen LogP contribution < -0.4 is 5.32 Å². The number of nitrogens with one attached hydrogen (secondary N) is 1. The van der Waals surface area contributed by atoms with Crippen molar-refractivity contribution in [2.24, 2.45) is 0 Å². The van der Waals surface area contributed by atoms with Crippen LogP contribution in [0.2, 0.25) is 0 Å². The van der Waals surface area contributed by atoms with Crippen LogP contribution in [0.1, 0.15) is 6.92 Å². The molecule has 0 bridgehead atoms. The predicted octanol–water partition coefficient (Wildman–Crippen LogP) is 0.524. The fourth-order valence-electron chi connectivity index (χ4n) is 1.26. The number of benzene rings is 1. The monoisotopic (exact) mass is 431 g/mol. The van der Waals surface area contributed by atoms with Gasteiger partial charge in [-0.3, -0.25) is 4.79 Å². The van der Waals surface area contributed by atoms with E-state index < -0.39 is 0 Å². The summed E-state index contributed by atoms with van der Waals surface area (Å²) in [7, 11) is 0. The van der Waals surface area contributed by atoms with Crippen LogP contribution in [0.3, 0.4) is 0 Å². The summed E-state index contributed by atoms with van der Waals surface area (Å²) in [6, 6.07) is 7.11. The van der Waals surface area contributed by atoms with Crippen molar-refractivity contribution >= 4 is 24.2 Å². The fraction of sp³-hybridized carbons (Fsp3) is 0.111. The first-order valence-corrected chi connectivity index (χ1v) is 4.91. The molecule has 6 nitrogen and oxygen atoms in total. The molecule has 92 valence electrons. The summed E-state index contributed by atoms with van der Waals surface area (Å²) in [5, 5.41) is 13.8. The zero-order valence-electron chi connectivity index (χ0n) is 8.72. The SMILES string of the molecule is CC(=O)Nc1cccc(-n2nnnc2[S-])c1.[Au+]. The number of anilines is 1. The van der Waals surface area contributed by atoms with Crippen LogP contribution >= 0.6 is 0 Å². The van der Waals surface area contributed by atoms with E-state index in [0.717, 1.165) is 0 Å². The third-order valence-corrected chi connectivity index (χ3v) is 2.11. The Hall–Kier alpha value is -1.28. The molecule has 0 spiro atoms. The minimum atomic E-state index is -0.132. The van der Waals surface area contributed by atoms with Gasteiger partial charge in [0.2, 0.25) is 5.91 Å². The van der Waals surface area contributed by atoms with E-state index in [2.05, 4.69) is 20.8 Å². The normalized spacial score (nSPS) is 9.47. The van der Waals surface area contributed by atoms with Gasteiger partial charge in [0.15, 0.2) is 0 Å². The van der Waals surface area contributed by atoms with Crippen LogP contribution in [0.25, 0.3) is 5.69 Å². The van der Waals surface area contributed by atoms with Gasteiger partial charge in [0.05, 0.1) is 5.69 Å². The molecule has 0 aliphatic heterocycles. The van der Waals surface area contributed by atoms with E-state index in [4.69, 9.17) is 12.6 Å². The van der Waals surface area contributed by atoms with E-state index in [-0.39, 0.29) is 33.4 Å². The molecule has 0 radical (unpaired) electrons. The van der Waals surface area contributed by atoms with E-state index in [1.807, 2.05) is 0 Å². The Morgan fingerprint density at radius 3 is 2.82 bits per heavy atom. The number of carbonyl (C=O) groups excluding carboxylic acids is 1. The molecule has 0 atom stereocenters. The molecule has 0 saturated heterocycles. The predicted molar refractivity (Wildman–Crippen MR) is 59.1 cm³/mol. The molecule has 1 amide bonds. The first-order chi connectivity index (χ1) is 7.66. The maximum absolute atomic E-state index is 10.9. The minimum absolute atomic E-state index is 0. The molecule has 0 aliphatic carbocycles. The maximum atomic E-state index is 10.9. The fourth-order valence-corrected chi connectivity index (χ4v) is 1.44. The van der Waals surface area contributed by atoms with Crippen LogP contribution in [-0.4, -0.2) is 26.1 Å². The second kappa shape index (κ2) is 5.87. The van der Waals surface area contributed by atoms with E-state index in [0.29, 0.717) is 11.4 Å². The number of rotatable bonds is 2. The number of hydrogen-bond donors (Lipinski definition) is 1. The van der Waals surface area contributed by atoms with Gasteiger partial charge in [-0.25, -0.2) is 4.68 Å². The van der Waals surface area contributed by atoms with Gasteiger partial charge < -0.3 is 17.9 Å². The van der Waals surface area contributed by atoms with Gasteiger partial charge >= 0.3 is 22.4 Å². The Bertz CT molecular complexity index is 530. The second-order valence-electron chi connectivity index (χ2n) is 3.10. The van der Waals surface area contributed by atoms with Crippen molar-refractivity contribution in [1.82, 2.24) is 20.2 Å². The Morgan fingerprint density at radius 1 is 1.47 bits per heavy atom. The molecule has 1 heterocycles. The van der Waals surface area contributed by atoms with Gasteiger partial charge in [0.1, 0.15) is 0 Å². The summed E-state index contributed by atoms with van der Waals surface area (Å²) in [6.45, 7) is 1.45. The molecule has 0 saturated carbocycles. The first-order valence-electron chi connectivity index (χ1n) is 4.50. The van der Waals surface area contributed by atoms with Crippen molar-refractivity contribution in [2.45, 2.75) is 12.1 Å². The van der Waals surface area contributed by atoms with Gasteiger partial charge in [-0.15, -0.1) is 5.10 Å². The van der Waals surface area contributed by atoms with Crippen molar-refractivity contribution in [3.8, 4) is 5.69 Å². The molecule has 8 heteroatoms. The van der Waals surface area contributed by atoms with Crippen LogP contribution in [0.5, 0.6) is 0 Å². The number of hydrogen-bond acceptors (Lipinski definition) is 5. The molecular formula is C9H8AuN5OS. The molecule has 0 fully saturated rings. The molecule has 0 aliphatic rings. The summed E-state index contributed by atoms with van der Waals surface area (Å²) in [6.07, 6.45) is 0. The van der Waals surface area contributed by atoms with Crippen LogP contribution in [0, 0.1) is 0 Å². The Kier molecular flexibility index (Phi) is 4.76. The molecule has 1 aromatic heterocycles. The number of amides is 1. The maximum Gasteiger partial charge on any atom is 1.00 e. The standard InChI is InChI=1S/C9H9N5OS.Au/c1-6(15)10-7-3-2-4-8(5-7)14-9(16)11-12-13-14;/h2-5H,1H3,(H,10,15)(H,11,13,16);/q;+1/p-1. The molecule has 1 N–H and O–H groups in total. The van der Waals surface area contributed by atoms with Crippen LogP contribution in [-0.2, 0) is 39.8 Å². The van der Waals surface area contributed by atoms with Crippen molar-refractivity contribution < 1.29 is 27.2 Å². The van der Waals surface area contributed by atoms with Gasteiger partial charge in [-0.05, 0) is 28.6 Å². The van der Waals surface area contributed by atoms with Gasteiger partial charge in [-0.1, -0.05) is 6.07 Å². The smallest absolute Gasteiger partial charge is 0.738 e. The van der Waals surface area contributed by atoms with Gasteiger partial charge in [-0.2, -0.15) is 0 Å². The third kappa shape index (κ3) is 3.34. The second-order valence-corrected chi connectivity index (χ2v) is 3.47. The zero-order valence-corrected chi connectivity index (χ0v) is 11.7. The van der Waals surface area contributed by atoms with Crippen molar-refractivity contribution in [1.29, 1.82) is 0 Å². The van der Waals surface area contributed by atoms with E-state index >= 15 is 0 Å². The average molecular weight is 431 g/mol.